The molecular weight excluding hydrogens is 312 g/mol. The molecule has 0 amide bonds. The fourth-order valence-corrected chi connectivity index (χ4v) is 2.21. The topological polar surface area (TPSA) is 104 Å². The number of benzene rings is 1. The summed E-state index contributed by atoms with van der Waals surface area (Å²) in [4.78, 5) is 24.4. The Balaban J connectivity index is 0.000000891. The molecule has 1 aliphatic rings. The number of carbonyl (C=O) groups is 2. The Morgan fingerprint density at radius 1 is 1.12 bits per heavy atom. The zero-order valence-electron chi connectivity index (χ0n) is 14.2. The molecule has 0 aromatic heterocycles. The number of ketones is 2. The summed E-state index contributed by atoms with van der Waals surface area (Å²) in [6, 6.07) is 2.29. The molecule has 6 nitrogen and oxygen atoms in total. The summed E-state index contributed by atoms with van der Waals surface area (Å²) in [6.45, 7) is 3.71. The molecule has 1 aromatic carbocycles. The molecule has 0 bridgehead atoms. The van der Waals surface area contributed by atoms with Gasteiger partial charge in [-0.3, -0.25) is 9.59 Å². The van der Waals surface area contributed by atoms with Crippen molar-refractivity contribution in [3.05, 3.63) is 46.6 Å². The van der Waals surface area contributed by atoms with E-state index in [1.807, 2.05) is 13.8 Å². The first-order valence-electron chi connectivity index (χ1n) is 7.31. The van der Waals surface area contributed by atoms with Gasteiger partial charge in [0.25, 0.3) is 0 Å². The van der Waals surface area contributed by atoms with E-state index in [1.165, 1.54) is 0 Å². The van der Waals surface area contributed by atoms with E-state index in [4.69, 9.17) is 0 Å². The van der Waals surface area contributed by atoms with Gasteiger partial charge in [-0.05, 0) is 38.5 Å². The fraction of sp³-hybridized carbons (Fsp3) is 0.333. The van der Waals surface area contributed by atoms with Crippen LogP contribution in [-0.4, -0.2) is 47.2 Å². The number of rotatable bonds is 3. The Morgan fingerprint density at radius 3 is 2.12 bits per heavy atom. The molecule has 130 valence electrons. The van der Waals surface area contributed by atoms with E-state index in [-0.39, 0.29) is 34.6 Å². The highest BCUT2D eigenvalue weighted by Crippen LogP contribution is 2.35. The van der Waals surface area contributed by atoms with Crippen LogP contribution < -0.4 is 0 Å². The van der Waals surface area contributed by atoms with Crippen molar-refractivity contribution in [2.45, 2.75) is 26.4 Å². The number of Topliss-reactive ketones (excluding diaryl/α,β-unsaturated/α-hetero) is 1. The number of phenolic OH excluding ortho intramolecular Hbond substituents is 2. The molecule has 0 spiro atoms. The average Bonchev–Trinajstić information content (AvgIpc) is 2.51. The molecule has 0 aliphatic heterocycles. The van der Waals surface area contributed by atoms with Gasteiger partial charge in [0.05, 0.1) is 17.2 Å². The maximum absolute atomic E-state index is 12.3. The zero-order valence-corrected chi connectivity index (χ0v) is 14.2. The van der Waals surface area contributed by atoms with Crippen LogP contribution in [0.15, 0.2) is 35.4 Å². The van der Waals surface area contributed by atoms with Gasteiger partial charge in [0.2, 0.25) is 0 Å². The molecule has 3 N–H and O–H groups in total. The van der Waals surface area contributed by atoms with Crippen molar-refractivity contribution < 1.29 is 29.6 Å². The number of fused-ring (bicyclic) bond motifs is 1. The van der Waals surface area contributed by atoms with Crippen molar-refractivity contribution in [1.82, 2.24) is 0 Å². The Bertz CT molecular complexity index is 696. The monoisotopic (exact) mass is 334 g/mol. The largest absolute Gasteiger partial charge is 0.507 e. The van der Waals surface area contributed by atoms with Crippen molar-refractivity contribution in [1.29, 1.82) is 0 Å². The number of aliphatic hydroxyl groups excluding tert-OH is 1. The lowest BCUT2D eigenvalue weighted by Gasteiger charge is -2.20. The number of allylic oxidation sites excluding steroid dienone is 2. The predicted molar refractivity (Wildman–Crippen MR) is 89.5 cm³/mol. The molecule has 0 saturated heterocycles. The van der Waals surface area contributed by atoms with Crippen LogP contribution in [-0.2, 0) is 4.74 Å². The van der Waals surface area contributed by atoms with Crippen molar-refractivity contribution in [2.24, 2.45) is 0 Å². The van der Waals surface area contributed by atoms with Gasteiger partial charge in [0.15, 0.2) is 11.6 Å². The molecule has 1 aliphatic carbocycles. The molecule has 1 atom stereocenters. The second-order valence-corrected chi connectivity index (χ2v) is 5.59. The summed E-state index contributed by atoms with van der Waals surface area (Å²) in [5.74, 6) is -2.01. The lowest BCUT2D eigenvalue weighted by atomic mass is 9.85. The average molecular weight is 334 g/mol. The molecule has 0 heterocycles. The second-order valence-electron chi connectivity index (χ2n) is 5.59. The zero-order chi connectivity index (χ0) is 18.4. The number of aliphatic hydroxyl groups is 1. The standard InChI is InChI=1S/C16H16O5.C2H6O/c1-8(2)3-4-10(17)9-7-13(20)14-11(18)5-6-12(19)15(14)16(9)21;1-3-2/h3,5-7,10,17-19H,4H2,1-2H3;1-2H3/t10-;/m1./s1. The number of hydrogen-bond acceptors (Lipinski definition) is 6. The normalized spacial score (nSPS) is 14.1. The summed E-state index contributed by atoms with van der Waals surface area (Å²) >= 11 is 0. The second kappa shape index (κ2) is 8.42. The maximum atomic E-state index is 12.3. The van der Waals surface area contributed by atoms with Gasteiger partial charge < -0.3 is 20.1 Å². The molecule has 0 unspecified atom stereocenters. The molecule has 0 fully saturated rings. The summed E-state index contributed by atoms with van der Waals surface area (Å²) < 4.78 is 4.25. The van der Waals surface area contributed by atoms with Gasteiger partial charge >= 0.3 is 0 Å². The number of ether oxygens (including phenoxy) is 1. The van der Waals surface area contributed by atoms with E-state index in [0.717, 1.165) is 23.8 Å². The van der Waals surface area contributed by atoms with Crippen LogP contribution in [0.5, 0.6) is 11.5 Å². The minimum absolute atomic E-state index is 0.0779. The van der Waals surface area contributed by atoms with Gasteiger partial charge in [-0.15, -0.1) is 0 Å². The van der Waals surface area contributed by atoms with Gasteiger partial charge in [-0.2, -0.15) is 0 Å². The molecular formula is C18H22O6. The fourth-order valence-electron chi connectivity index (χ4n) is 2.21. The minimum atomic E-state index is -1.13. The van der Waals surface area contributed by atoms with Crippen LogP contribution in [0.25, 0.3) is 0 Å². The number of aromatic hydroxyl groups is 2. The predicted octanol–water partition coefficient (Wildman–Crippen LogP) is 2.38. The molecule has 0 radical (unpaired) electrons. The molecule has 1 aromatic rings. The lowest BCUT2D eigenvalue weighted by molar-refractivity contribution is 0.0943. The van der Waals surface area contributed by atoms with Crippen LogP contribution in [0.4, 0.5) is 0 Å². The summed E-state index contributed by atoms with van der Waals surface area (Å²) in [7, 11) is 3.25. The Labute approximate surface area is 140 Å². The number of phenols is 2. The van der Waals surface area contributed by atoms with E-state index in [1.54, 1.807) is 20.3 Å². The van der Waals surface area contributed by atoms with Crippen LogP contribution >= 0.6 is 0 Å². The van der Waals surface area contributed by atoms with E-state index < -0.39 is 17.7 Å². The van der Waals surface area contributed by atoms with Crippen molar-refractivity contribution in [3.63, 3.8) is 0 Å². The van der Waals surface area contributed by atoms with Crippen LogP contribution in [0, 0.1) is 0 Å². The first kappa shape index (κ1) is 19.6. The Hall–Kier alpha value is -2.44. The van der Waals surface area contributed by atoms with E-state index in [9.17, 15) is 24.9 Å². The summed E-state index contributed by atoms with van der Waals surface area (Å²) in [6.07, 6.45) is 1.84. The van der Waals surface area contributed by atoms with Crippen molar-refractivity contribution in [3.8, 4) is 11.5 Å². The third-order valence-corrected chi connectivity index (χ3v) is 3.29. The molecule has 6 heteroatoms. The SMILES string of the molecule is CC(C)=CC[C@@H](O)C1=CC(=O)c2c(O)ccc(O)c2C1=O.COC. The van der Waals surface area contributed by atoms with Crippen LogP contribution in [0.1, 0.15) is 41.0 Å². The highest BCUT2D eigenvalue weighted by atomic mass is 16.4. The Kier molecular flexibility index (Phi) is 6.88. The highest BCUT2D eigenvalue weighted by molar-refractivity contribution is 6.26. The van der Waals surface area contributed by atoms with E-state index in [2.05, 4.69) is 4.74 Å². The van der Waals surface area contributed by atoms with Gasteiger partial charge in [-0.25, -0.2) is 0 Å². The first-order valence-corrected chi connectivity index (χ1v) is 7.31. The third-order valence-electron chi connectivity index (χ3n) is 3.29. The Morgan fingerprint density at radius 2 is 1.62 bits per heavy atom. The minimum Gasteiger partial charge on any atom is -0.507 e. The summed E-state index contributed by atoms with van der Waals surface area (Å²) in [5.41, 5.74) is 0.419. The summed E-state index contributed by atoms with van der Waals surface area (Å²) in [5, 5.41) is 29.5. The van der Waals surface area contributed by atoms with Crippen LogP contribution in [0.3, 0.4) is 0 Å². The van der Waals surface area contributed by atoms with Gasteiger partial charge in [0.1, 0.15) is 11.5 Å². The first-order chi connectivity index (χ1) is 11.2. The third kappa shape index (κ3) is 4.31. The van der Waals surface area contributed by atoms with Gasteiger partial charge in [-0.1, -0.05) is 11.6 Å². The van der Waals surface area contributed by atoms with Crippen molar-refractivity contribution >= 4 is 11.6 Å². The smallest absolute Gasteiger partial charge is 0.196 e. The quantitative estimate of drug-likeness (QED) is 0.579. The molecule has 24 heavy (non-hydrogen) atoms. The number of methoxy groups -OCH3 is 1. The molecule has 2 rings (SSSR count). The van der Waals surface area contributed by atoms with E-state index in [0.29, 0.717) is 0 Å². The number of carbonyl (C=O) groups excluding carboxylic acids is 2. The van der Waals surface area contributed by atoms with Crippen LogP contribution in [0.2, 0.25) is 0 Å². The number of hydrogen-bond donors (Lipinski definition) is 3. The van der Waals surface area contributed by atoms with Crippen molar-refractivity contribution in [2.75, 3.05) is 14.2 Å². The van der Waals surface area contributed by atoms with E-state index >= 15 is 0 Å². The van der Waals surface area contributed by atoms with Gasteiger partial charge in [0, 0.05) is 19.8 Å². The lowest BCUT2D eigenvalue weighted by Crippen LogP contribution is -2.25. The maximum Gasteiger partial charge on any atom is 0.196 e. The molecule has 0 saturated carbocycles. The highest BCUT2D eigenvalue weighted by Gasteiger charge is 2.33.